The van der Waals surface area contributed by atoms with Gasteiger partial charge in [-0.3, -0.25) is 0 Å². The molecule has 1 nitrogen and oxygen atoms in total. The summed E-state index contributed by atoms with van der Waals surface area (Å²) in [6.45, 7) is 0. The van der Waals surface area contributed by atoms with E-state index < -0.39 is 0 Å². The molecule has 0 saturated heterocycles. The average Bonchev–Trinajstić information content (AvgIpc) is 1.91. The molecule has 0 aliphatic heterocycles. The van der Waals surface area contributed by atoms with Gasteiger partial charge in [0, 0.05) is 0 Å². The maximum absolute atomic E-state index is 5.41. The number of hydrogen-bond acceptors (Lipinski definition) is 1. The summed E-state index contributed by atoms with van der Waals surface area (Å²) in [7, 11) is 0. The number of nitrogens with two attached hydrogens (primary N) is 1. The van der Waals surface area contributed by atoms with E-state index >= 15 is 0 Å². The van der Waals surface area contributed by atoms with Crippen LogP contribution in [-0.4, -0.2) is 4.55 Å². The van der Waals surface area contributed by atoms with Crippen molar-refractivity contribution in [3.05, 3.63) is 33.9 Å². The van der Waals surface area contributed by atoms with E-state index in [1.54, 1.807) is 0 Å². The monoisotopic (exact) mass is 234 g/mol. The Labute approximate surface area is 65.5 Å². The molecule has 2 heteroatoms. The van der Waals surface area contributed by atoms with Crippen molar-refractivity contribution in [2.75, 3.05) is 4.55 Å². The van der Waals surface area contributed by atoms with Gasteiger partial charge in [0.25, 0.3) is 0 Å². The molecular formula is C7H9IN-. The van der Waals surface area contributed by atoms with E-state index in [1.165, 1.54) is 3.57 Å². The van der Waals surface area contributed by atoms with E-state index in [0.717, 1.165) is 4.55 Å². The molecule has 0 atom stereocenters. The van der Waals surface area contributed by atoms with E-state index in [1.807, 2.05) is 6.07 Å². The minimum absolute atomic E-state index is 0.108. The van der Waals surface area contributed by atoms with E-state index in [-0.39, 0.29) is 21.2 Å². The fourth-order valence-electron chi connectivity index (χ4n) is 0.593. The van der Waals surface area contributed by atoms with E-state index in [9.17, 15) is 0 Å². The van der Waals surface area contributed by atoms with Gasteiger partial charge in [0.1, 0.15) is 0 Å². The molecule has 0 aromatic heterocycles. The normalized spacial score (nSPS) is 9.89. The Morgan fingerprint density at radius 1 is 1.22 bits per heavy atom. The zero-order valence-corrected chi connectivity index (χ0v) is 7.21. The van der Waals surface area contributed by atoms with E-state index in [2.05, 4.69) is 24.3 Å². The van der Waals surface area contributed by atoms with Crippen LogP contribution >= 0.6 is 0 Å². The molecule has 1 aromatic carbocycles. The number of halogens is 1. The number of rotatable bonds is 2. The van der Waals surface area contributed by atoms with Crippen LogP contribution in [0.15, 0.2) is 30.3 Å². The first-order valence-electron chi connectivity index (χ1n) is 2.78. The van der Waals surface area contributed by atoms with Crippen LogP contribution in [0.2, 0.25) is 0 Å². The van der Waals surface area contributed by atoms with Gasteiger partial charge in [0.05, 0.1) is 0 Å². The molecule has 0 unspecified atom stereocenters. The van der Waals surface area contributed by atoms with Crippen LogP contribution in [0, 0.1) is 3.57 Å². The third-order valence-electron chi connectivity index (χ3n) is 0.965. The third kappa shape index (κ3) is 2.32. The molecule has 2 N–H and O–H groups in total. The van der Waals surface area contributed by atoms with Crippen molar-refractivity contribution in [2.24, 2.45) is 5.73 Å². The van der Waals surface area contributed by atoms with Crippen LogP contribution in [0.5, 0.6) is 0 Å². The number of hydrogen-bond donors (Lipinski definition) is 1. The Bertz CT molecular complexity index is 162. The van der Waals surface area contributed by atoms with Crippen LogP contribution < -0.4 is 26.9 Å². The van der Waals surface area contributed by atoms with Crippen LogP contribution in [0.4, 0.5) is 0 Å². The molecule has 0 spiro atoms. The molecule has 0 heterocycles. The van der Waals surface area contributed by atoms with E-state index in [4.69, 9.17) is 5.73 Å². The van der Waals surface area contributed by atoms with Crippen molar-refractivity contribution in [3.63, 3.8) is 0 Å². The van der Waals surface area contributed by atoms with Crippen molar-refractivity contribution < 1.29 is 21.2 Å². The molecule has 50 valence electrons. The second kappa shape index (κ2) is 3.85. The van der Waals surface area contributed by atoms with Gasteiger partial charge in [0.2, 0.25) is 0 Å². The predicted molar refractivity (Wildman–Crippen MR) is 34.2 cm³/mol. The first kappa shape index (κ1) is 7.02. The number of benzene rings is 1. The van der Waals surface area contributed by atoms with Crippen LogP contribution in [-0.2, 0) is 0 Å². The molecule has 0 radical (unpaired) electrons. The van der Waals surface area contributed by atoms with Crippen molar-refractivity contribution in [1.82, 2.24) is 0 Å². The van der Waals surface area contributed by atoms with Gasteiger partial charge in [0.15, 0.2) is 0 Å². The van der Waals surface area contributed by atoms with Gasteiger partial charge in [-0.05, 0) is 0 Å². The fourth-order valence-corrected chi connectivity index (χ4v) is 2.03. The number of alkyl halides is 1. The molecule has 0 fully saturated rings. The average molecular weight is 234 g/mol. The van der Waals surface area contributed by atoms with Gasteiger partial charge >= 0.3 is 65.4 Å². The summed E-state index contributed by atoms with van der Waals surface area (Å²) in [6, 6.07) is 10.4. The van der Waals surface area contributed by atoms with Crippen LogP contribution in [0.1, 0.15) is 0 Å². The molecule has 1 aromatic rings. The quantitative estimate of drug-likeness (QED) is 0.353. The standard InChI is InChI=1S/C7H9IN/c9-6-8-7-4-2-1-3-5-7/h1-5H,6,9H2/q-1. The zero-order chi connectivity index (χ0) is 6.53. The van der Waals surface area contributed by atoms with Gasteiger partial charge < -0.3 is 0 Å². The van der Waals surface area contributed by atoms with E-state index in [0.29, 0.717) is 0 Å². The molecule has 9 heavy (non-hydrogen) atoms. The summed E-state index contributed by atoms with van der Waals surface area (Å²) < 4.78 is 2.28. The Balaban J connectivity index is 2.61. The third-order valence-corrected chi connectivity index (χ3v) is 3.00. The molecule has 1 rings (SSSR count). The van der Waals surface area contributed by atoms with Crippen LogP contribution in [0.25, 0.3) is 0 Å². The second-order valence-corrected chi connectivity index (χ2v) is 4.47. The minimum atomic E-state index is 0.108. The molecule has 0 saturated carbocycles. The Morgan fingerprint density at radius 2 is 1.89 bits per heavy atom. The summed E-state index contributed by atoms with van der Waals surface area (Å²) in [5.74, 6) is 0. The van der Waals surface area contributed by atoms with Gasteiger partial charge in [-0.15, -0.1) is 0 Å². The summed E-state index contributed by atoms with van der Waals surface area (Å²) in [6.07, 6.45) is 0. The van der Waals surface area contributed by atoms with Gasteiger partial charge in [-0.2, -0.15) is 0 Å². The second-order valence-electron chi connectivity index (χ2n) is 1.58. The Hall–Kier alpha value is -0.0900. The predicted octanol–water partition coefficient (Wildman–Crippen LogP) is -2.14. The topological polar surface area (TPSA) is 26.0 Å². The molecular weight excluding hydrogens is 225 g/mol. The van der Waals surface area contributed by atoms with Crippen LogP contribution in [0.3, 0.4) is 0 Å². The molecule has 0 bridgehead atoms. The Kier molecular flexibility index (Phi) is 3.00. The molecule has 0 aliphatic rings. The van der Waals surface area contributed by atoms with Crippen molar-refractivity contribution in [3.8, 4) is 0 Å². The summed E-state index contributed by atoms with van der Waals surface area (Å²) in [4.78, 5) is 0. The SMILES string of the molecule is NC[I-]c1ccccc1. The summed E-state index contributed by atoms with van der Waals surface area (Å²) in [5.41, 5.74) is 5.41. The van der Waals surface area contributed by atoms with Crippen molar-refractivity contribution >= 4 is 0 Å². The van der Waals surface area contributed by atoms with Gasteiger partial charge in [-0.1, -0.05) is 0 Å². The first-order chi connectivity index (χ1) is 4.43. The fraction of sp³-hybridized carbons (Fsp3) is 0.143. The van der Waals surface area contributed by atoms with Crippen molar-refractivity contribution in [2.45, 2.75) is 0 Å². The first-order valence-corrected chi connectivity index (χ1v) is 5.38. The molecule has 0 aliphatic carbocycles. The maximum atomic E-state index is 5.41. The summed E-state index contributed by atoms with van der Waals surface area (Å²) in [5, 5.41) is 0. The van der Waals surface area contributed by atoms with Gasteiger partial charge in [-0.25, -0.2) is 0 Å². The summed E-state index contributed by atoms with van der Waals surface area (Å²) >= 11 is 0.108. The molecule has 0 amide bonds. The zero-order valence-electron chi connectivity index (χ0n) is 5.05. The van der Waals surface area contributed by atoms with Crippen molar-refractivity contribution in [1.29, 1.82) is 0 Å². The Morgan fingerprint density at radius 3 is 2.44 bits per heavy atom.